The van der Waals surface area contributed by atoms with Crippen LogP contribution < -0.4 is 0 Å². The summed E-state index contributed by atoms with van der Waals surface area (Å²) >= 11 is 3.45. The van der Waals surface area contributed by atoms with Crippen molar-refractivity contribution < 1.29 is 8.81 Å². The molecule has 4 aromatic rings. The highest BCUT2D eigenvalue weighted by atomic mass is 79.9. The second kappa shape index (κ2) is 7.68. The highest BCUT2D eigenvalue weighted by Crippen LogP contribution is 2.28. The first kappa shape index (κ1) is 17.4. The van der Waals surface area contributed by atoms with Gasteiger partial charge in [0, 0.05) is 10.7 Å². The van der Waals surface area contributed by atoms with Gasteiger partial charge in [-0.3, -0.25) is 4.99 Å². The number of hydrogen-bond donors (Lipinski definition) is 0. The van der Waals surface area contributed by atoms with E-state index in [0.29, 0.717) is 16.7 Å². The second-order valence-corrected chi connectivity index (χ2v) is 6.76. The first-order chi connectivity index (χ1) is 13.2. The molecule has 0 fully saturated rings. The van der Waals surface area contributed by atoms with Gasteiger partial charge in [-0.1, -0.05) is 46.3 Å². The van der Waals surface area contributed by atoms with E-state index in [2.05, 4.69) is 25.9 Å². The van der Waals surface area contributed by atoms with Crippen LogP contribution in [0, 0.1) is 5.82 Å². The zero-order chi connectivity index (χ0) is 18.6. The third-order valence-corrected chi connectivity index (χ3v) is 4.42. The minimum Gasteiger partial charge on any atom is -0.436 e. The van der Waals surface area contributed by atoms with E-state index >= 15 is 0 Å². The lowest BCUT2D eigenvalue weighted by Crippen LogP contribution is -1.82. The molecule has 27 heavy (non-hydrogen) atoms. The number of nitrogens with zero attached hydrogens (tertiary/aromatic N) is 2. The number of hydrogen-bond acceptors (Lipinski definition) is 3. The summed E-state index contributed by atoms with van der Waals surface area (Å²) in [5, 5.41) is 0. The van der Waals surface area contributed by atoms with Crippen molar-refractivity contribution in [3.05, 3.63) is 88.7 Å². The van der Waals surface area contributed by atoms with Crippen LogP contribution in [0.3, 0.4) is 0 Å². The summed E-state index contributed by atoms with van der Waals surface area (Å²) in [7, 11) is 0. The lowest BCUT2D eigenvalue weighted by atomic mass is 10.2. The molecule has 4 rings (SSSR count). The van der Waals surface area contributed by atoms with Gasteiger partial charge in [-0.05, 0) is 54.1 Å². The molecular formula is C22H14BrFN2O. The van der Waals surface area contributed by atoms with Gasteiger partial charge in [-0.2, -0.15) is 0 Å². The molecule has 1 aromatic heterocycles. The monoisotopic (exact) mass is 420 g/mol. The standard InChI is InChI=1S/C22H14BrFN2O/c23-16-7-3-5-15(13-16)6-4-12-25-17-10-11-21-20(14-17)26-22(27-21)18-8-1-2-9-19(18)24/h1-14H/b6-4+,25-12?. The summed E-state index contributed by atoms with van der Waals surface area (Å²) in [5.41, 5.74) is 3.40. The van der Waals surface area contributed by atoms with Crippen LogP contribution in [0.25, 0.3) is 28.6 Å². The minimum atomic E-state index is -0.361. The smallest absolute Gasteiger partial charge is 0.230 e. The van der Waals surface area contributed by atoms with E-state index in [4.69, 9.17) is 4.42 Å². The lowest BCUT2D eigenvalue weighted by Gasteiger charge is -1.95. The predicted molar refractivity (Wildman–Crippen MR) is 111 cm³/mol. The van der Waals surface area contributed by atoms with Gasteiger partial charge >= 0.3 is 0 Å². The second-order valence-electron chi connectivity index (χ2n) is 5.84. The number of rotatable bonds is 4. The van der Waals surface area contributed by atoms with Crippen LogP contribution in [0.5, 0.6) is 0 Å². The fourth-order valence-electron chi connectivity index (χ4n) is 2.64. The summed E-state index contributed by atoms with van der Waals surface area (Å²) in [6.07, 6.45) is 5.57. The van der Waals surface area contributed by atoms with Crippen molar-refractivity contribution in [2.45, 2.75) is 0 Å². The van der Waals surface area contributed by atoms with Crippen LogP contribution >= 0.6 is 15.9 Å². The molecule has 3 aromatic carbocycles. The van der Waals surface area contributed by atoms with E-state index in [9.17, 15) is 4.39 Å². The van der Waals surface area contributed by atoms with Crippen LogP contribution in [0.4, 0.5) is 10.1 Å². The van der Waals surface area contributed by atoms with Crippen molar-refractivity contribution in [2.75, 3.05) is 0 Å². The molecule has 1 heterocycles. The van der Waals surface area contributed by atoms with Crippen molar-refractivity contribution in [2.24, 2.45) is 4.99 Å². The van der Waals surface area contributed by atoms with Crippen molar-refractivity contribution in [3.8, 4) is 11.5 Å². The minimum absolute atomic E-state index is 0.263. The number of allylic oxidation sites excluding steroid dienone is 1. The fourth-order valence-corrected chi connectivity index (χ4v) is 3.06. The molecule has 0 amide bonds. The van der Waals surface area contributed by atoms with Gasteiger partial charge in [-0.25, -0.2) is 9.37 Å². The largest absolute Gasteiger partial charge is 0.436 e. The first-order valence-corrected chi connectivity index (χ1v) is 9.10. The molecule has 5 heteroatoms. The molecule has 0 aliphatic heterocycles. The van der Waals surface area contributed by atoms with Gasteiger partial charge in [0.1, 0.15) is 11.3 Å². The van der Waals surface area contributed by atoms with Gasteiger partial charge in [-0.15, -0.1) is 0 Å². The third kappa shape index (κ3) is 4.04. The number of benzene rings is 3. The van der Waals surface area contributed by atoms with Gasteiger partial charge in [0.05, 0.1) is 11.3 Å². The number of oxazole rings is 1. The fraction of sp³-hybridized carbons (Fsp3) is 0. The SMILES string of the molecule is Fc1ccccc1-c1nc2cc(N=C/C=C/c3cccc(Br)c3)ccc2o1. The predicted octanol–water partition coefficient (Wildman–Crippen LogP) is 6.81. The Kier molecular flexibility index (Phi) is 4.94. The summed E-state index contributed by atoms with van der Waals surface area (Å²) in [6.45, 7) is 0. The van der Waals surface area contributed by atoms with E-state index in [1.807, 2.05) is 48.6 Å². The maximum Gasteiger partial charge on any atom is 0.230 e. The molecule has 0 aliphatic carbocycles. The molecule has 0 bridgehead atoms. The van der Waals surface area contributed by atoms with E-state index in [-0.39, 0.29) is 11.7 Å². The Morgan fingerprint density at radius 2 is 1.89 bits per heavy atom. The molecule has 132 valence electrons. The van der Waals surface area contributed by atoms with Crippen LogP contribution in [-0.2, 0) is 0 Å². The third-order valence-electron chi connectivity index (χ3n) is 3.92. The Bertz CT molecular complexity index is 1160. The van der Waals surface area contributed by atoms with Crippen LogP contribution in [-0.4, -0.2) is 11.2 Å². The summed E-state index contributed by atoms with van der Waals surface area (Å²) in [6, 6.07) is 19.9. The van der Waals surface area contributed by atoms with Crippen molar-refractivity contribution >= 4 is 45.0 Å². The van der Waals surface area contributed by atoms with E-state index in [1.165, 1.54) is 6.07 Å². The molecular weight excluding hydrogens is 407 g/mol. The number of aromatic nitrogens is 1. The van der Waals surface area contributed by atoms with E-state index in [0.717, 1.165) is 15.7 Å². The van der Waals surface area contributed by atoms with Crippen molar-refractivity contribution in [3.63, 3.8) is 0 Å². The highest BCUT2D eigenvalue weighted by molar-refractivity contribution is 9.10. The van der Waals surface area contributed by atoms with E-state index < -0.39 is 0 Å². The van der Waals surface area contributed by atoms with E-state index in [1.54, 1.807) is 30.5 Å². The first-order valence-electron chi connectivity index (χ1n) is 8.31. The lowest BCUT2D eigenvalue weighted by molar-refractivity contribution is 0.593. The molecule has 0 unspecified atom stereocenters. The number of fused-ring (bicyclic) bond motifs is 1. The average Bonchev–Trinajstić information content (AvgIpc) is 3.09. The topological polar surface area (TPSA) is 38.4 Å². The molecule has 0 saturated heterocycles. The zero-order valence-electron chi connectivity index (χ0n) is 14.1. The van der Waals surface area contributed by atoms with Gasteiger partial charge in [0.25, 0.3) is 0 Å². The van der Waals surface area contributed by atoms with Crippen LogP contribution in [0.15, 0.2) is 86.7 Å². The van der Waals surface area contributed by atoms with Gasteiger partial charge in [0.2, 0.25) is 5.89 Å². The zero-order valence-corrected chi connectivity index (χ0v) is 15.7. The molecule has 0 N–H and O–H groups in total. The summed E-state index contributed by atoms with van der Waals surface area (Å²) in [5.74, 6) is -0.0984. The Balaban J connectivity index is 1.56. The maximum absolute atomic E-state index is 13.9. The maximum atomic E-state index is 13.9. The quantitative estimate of drug-likeness (QED) is 0.340. The summed E-state index contributed by atoms with van der Waals surface area (Å²) < 4.78 is 20.6. The summed E-state index contributed by atoms with van der Waals surface area (Å²) in [4.78, 5) is 8.80. The average molecular weight is 421 g/mol. The number of aliphatic imine (C=N–C) groups is 1. The highest BCUT2D eigenvalue weighted by Gasteiger charge is 2.12. The Morgan fingerprint density at radius 3 is 2.74 bits per heavy atom. The van der Waals surface area contributed by atoms with Crippen molar-refractivity contribution in [1.29, 1.82) is 0 Å². The van der Waals surface area contributed by atoms with Crippen molar-refractivity contribution in [1.82, 2.24) is 4.98 Å². The molecule has 0 spiro atoms. The molecule has 0 atom stereocenters. The van der Waals surface area contributed by atoms with Crippen LogP contribution in [0.1, 0.15) is 5.56 Å². The van der Waals surface area contributed by atoms with Crippen LogP contribution in [0.2, 0.25) is 0 Å². The number of halogens is 2. The molecule has 3 nitrogen and oxygen atoms in total. The molecule has 0 saturated carbocycles. The Labute approximate surface area is 164 Å². The Hall–Kier alpha value is -3.05. The molecule has 0 aliphatic rings. The Morgan fingerprint density at radius 1 is 1.00 bits per heavy atom. The molecule has 0 radical (unpaired) electrons. The normalized spacial score (nSPS) is 11.8. The van der Waals surface area contributed by atoms with Gasteiger partial charge < -0.3 is 4.42 Å². The van der Waals surface area contributed by atoms with Gasteiger partial charge in [0.15, 0.2) is 5.58 Å².